The van der Waals surface area contributed by atoms with E-state index < -0.39 is 18.3 Å². The normalized spacial score (nSPS) is 23.4. The van der Waals surface area contributed by atoms with Crippen LogP contribution in [0.5, 0.6) is 0 Å². The summed E-state index contributed by atoms with van der Waals surface area (Å²) >= 11 is 0. The van der Waals surface area contributed by atoms with Crippen LogP contribution in [-0.2, 0) is 14.7 Å². The van der Waals surface area contributed by atoms with Crippen molar-refractivity contribution >= 4 is 35.7 Å². The molecule has 1 aromatic heterocycles. The van der Waals surface area contributed by atoms with Crippen molar-refractivity contribution in [3.63, 3.8) is 0 Å². The van der Waals surface area contributed by atoms with Crippen LogP contribution in [0.1, 0.15) is 74.6 Å². The number of hydrogen-bond acceptors (Lipinski definition) is 2. The van der Waals surface area contributed by atoms with Crippen LogP contribution in [0.15, 0.2) is 126 Å². The maximum atomic E-state index is 6.50. The molecule has 238 valence electrons. The zero-order valence-electron chi connectivity index (χ0n) is 28.7. The Morgan fingerprint density at radius 3 is 2.22 bits per heavy atom. The van der Waals surface area contributed by atoms with Gasteiger partial charge in [0, 0.05) is 22.7 Å². The zero-order valence-corrected chi connectivity index (χ0v) is 28.7. The smallest absolute Gasteiger partial charge is 0.399 e. The quantitative estimate of drug-likeness (QED) is 0.142. The van der Waals surface area contributed by atoms with Crippen molar-refractivity contribution in [2.24, 2.45) is 5.92 Å². The van der Waals surface area contributed by atoms with Gasteiger partial charge in [-0.15, -0.1) is 5.73 Å². The summed E-state index contributed by atoms with van der Waals surface area (Å²) in [5.74, 6) is 0.422. The molecule has 0 saturated carbocycles. The molecule has 10 rings (SSSR count). The number of para-hydroxylation sites is 1. The molecule has 5 aromatic rings. The Balaban J connectivity index is 1.22. The summed E-state index contributed by atoms with van der Waals surface area (Å²) < 4.78 is 15.4. The van der Waals surface area contributed by atoms with E-state index in [-0.39, 0.29) is 5.41 Å². The molecule has 4 heteroatoms. The van der Waals surface area contributed by atoms with Crippen molar-refractivity contribution in [2.75, 3.05) is 0 Å². The van der Waals surface area contributed by atoms with Crippen molar-refractivity contribution < 1.29 is 9.31 Å². The maximum absolute atomic E-state index is 6.50. The van der Waals surface area contributed by atoms with Crippen LogP contribution >= 0.6 is 0 Å². The lowest BCUT2D eigenvalue weighted by Gasteiger charge is -2.36. The molecule has 1 spiro atoms. The van der Waals surface area contributed by atoms with Crippen LogP contribution in [0.3, 0.4) is 0 Å². The third-order valence-corrected chi connectivity index (χ3v) is 12.1. The van der Waals surface area contributed by atoms with Crippen molar-refractivity contribution in [1.82, 2.24) is 4.57 Å². The Bertz CT molecular complexity index is 2430. The SMILES string of the molecule is CC1CC=CC2=C1C1(c3ccccc32)c2ccccc2-c2ccc(-n3c4c(c5ccccc53)C=C(B3OC(C)(C)C(C)(C)O3)C=C=C4)cc21. The molecular weight excluding hydrogens is 597 g/mol. The van der Waals surface area contributed by atoms with Gasteiger partial charge in [-0.05, 0) is 114 Å². The van der Waals surface area contributed by atoms with Gasteiger partial charge in [-0.2, -0.15) is 0 Å². The predicted octanol–water partition coefficient (Wildman–Crippen LogP) is 10.5. The van der Waals surface area contributed by atoms with E-state index >= 15 is 0 Å². The number of hydrogen-bond donors (Lipinski definition) is 0. The number of allylic oxidation sites excluding steroid dienone is 6. The summed E-state index contributed by atoms with van der Waals surface area (Å²) in [5, 5.41) is 1.20. The average Bonchev–Trinajstić information content (AvgIpc) is 3.69. The molecule has 0 bridgehead atoms. The maximum Gasteiger partial charge on any atom is 0.495 e. The van der Waals surface area contributed by atoms with E-state index in [1.165, 1.54) is 55.4 Å². The fourth-order valence-electron chi connectivity index (χ4n) is 9.24. The molecule has 4 aromatic carbocycles. The minimum atomic E-state index is -0.464. The Labute approximate surface area is 288 Å². The first-order chi connectivity index (χ1) is 23.7. The average molecular weight is 636 g/mol. The van der Waals surface area contributed by atoms with E-state index in [0.717, 1.165) is 28.8 Å². The number of nitrogens with zero attached hydrogens (tertiary/aromatic N) is 1. The van der Waals surface area contributed by atoms with Gasteiger partial charge in [0.1, 0.15) is 0 Å². The molecule has 4 aliphatic carbocycles. The first-order valence-electron chi connectivity index (χ1n) is 17.6. The number of aromatic nitrogens is 1. The first-order valence-corrected chi connectivity index (χ1v) is 17.6. The molecule has 2 atom stereocenters. The van der Waals surface area contributed by atoms with E-state index in [9.17, 15) is 0 Å². The minimum Gasteiger partial charge on any atom is -0.399 e. The largest absolute Gasteiger partial charge is 0.495 e. The summed E-state index contributed by atoms with van der Waals surface area (Å²) in [6, 6.07) is 34.1. The second-order valence-corrected chi connectivity index (χ2v) is 15.3. The zero-order chi connectivity index (χ0) is 33.3. The van der Waals surface area contributed by atoms with Gasteiger partial charge >= 0.3 is 7.12 Å². The van der Waals surface area contributed by atoms with Crippen molar-refractivity contribution in [1.29, 1.82) is 0 Å². The molecule has 2 heterocycles. The Morgan fingerprint density at radius 2 is 1.43 bits per heavy atom. The number of benzene rings is 4. The van der Waals surface area contributed by atoms with E-state index in [0.29, 0.717) is 5.92 Å². The van der Waals surface area contributed by atoms with Gasteiger partial charge in [-0.25, -0.2) is 0 Å². The molecule has 1 fully saturated rings. The molecule has 2 unspecified atom stereocenters. The second-order valence-electron chi connectivity index (χ2n) is 15.3. The molecular formula is C45H38BNO2. The highest BCUT2D eigenvalue weighted by Gasteiger charge is 2.54. The summed E-state index contributed by atoms with van der Waals surface area (Å²) in [4.78, 5) is 0. The predicted molar refractivity (Wildman–Crippen MR) is 201 cm³/mol. The van der Waals surface area contributed by atoms with Crippen molar-refractivity contribution in [2.45, 2.75) is 57.7 Å². The fourth-order valence-corrected chi connectivity index (χ4v) is 9.24. The van der Waals surface area contributed by atoms with Gasteiger partial charge in [0.2, 0.25) is 0 Å². The molecule has 1 aliphatic heterocycles. The molecule has 5 aliphatic rings. The topological polar surface area (TPSA) is 23.4 Å². The van der Waals surface area contributed by atoms with E-state index in [4.69, 9.17) is 9.31 Å². The Morgan fingerprint density at radius 1 is 0.755 bits per heavy atom. The highest BCUT2D eigenvalue weighted by molar-refractivity contribution is 6.57. The third-order valence-electron chi connectivity index (χ3n) is 12.1. The van der Waals surface area contributed by atoms with Crippen LogP contribution in [0.25, 0.3) is 45.4 Å². The molecule has 0 amide bonds. The lowest BCUT2D eigenvalue weighted by atomic mass is 9.65. The lowest BCUT2D eigenvalue weighted by molar-refractivity contribution is 0.00578. The number of fused-ring (bicyclic) bond motifs is 12. The van der Waals surface area contributed by atoms with E-state index in [2.05, 4.69) is 160 Å². The minimum absolute atomic E-state index is 0.336. The van der Waals surface area contributed by atoms with Gasteiger partial charge in [0.25, 0.3) is 0 Å². The van der Waals surface area contributed by atoms with Crippen LogP contribution in [0.4, 0.5) is 0 Å². The Hall–Kier alpha value is -4.86. The second kappa shape index (κ2) is 9.86. The Kier molecular flexibility index (Phi) is 5.86. The van der Waals surface area contributed by atoms with Crippen molar-refractivity contribution in [3.8, 4) is 16.8 Å². The highest BCUT2D eigenvalue weighted by Crippen LogP contribution is 2.64. The van der Waals surface area contributed by atoms with Gasteiger partial charge in [-0.1, -0.05) is 97.9 Å². The molecule has 49 heavy (non-hydrogen) atoms. The molecule has 0 radical (unpaired) electrons. The van der Waals surface area contributed by atoms with E-state index in [1.807, 2.05) is 6.08 Å². The van der Waals surface area contributed by atoms with Gasteiger partial charge in [0.05, 0.1) is 27.8 Å². The monoisotopic (exact) mass is 635 g/mol. The highest BCUT2D eigenvalue weighted by atomic mass is 16.7. The standard InChI is InChI=1S/C45H38BNO2/c1-28-14-12-19-35-32-17-7-10-21-38(32)45(42(28)35)37-20-9-6-16-31(37)33-25-24-30(27-39(33)45)47-40-22-11-8-18-34(40)36-26-29(15-13-23-41(36)47)46-48-43(2,3)44(4,5)49-46/h6-12,15-28H,14H2,1-5H3. The van der Waals surface area contributed by atoms with Gasteiger partial charge < -0.3 is 13.9 Å². The van der Waals surface area contributed by atoms with Gasteiger partial charge in [-0.3, -0.25) is 0 Å². The summed E-state index contributed by atoms with van der Waals surface area (Å²) in [6.07, 6.45) is 12.2. The van der Waals surface area contributed by atoms with Gasteiger partial charge in [0.15, 0.2) is 0 Å². The molecule has 1 saturated heterocycles. The van der Waals surface area contributed by atoms with Crippen molar-refractivity contribution in [3.05, 3.63) is 160 Å². The summed E-state index contributed by atoms with van der Waals surface area (Å²) in [5.41, 5.74) is 19.0. The lowest BCUT2D eigenvalue weighted by Crippen LogP contribution is -2.41. The fraction of sp³-hybridized carbons (Fsp3) is 0.222. The summed E-state index contributed by atoms with van der Waals surface area (Å²) in [7, 11) is -0.464. The third kappa shape index (κ3) is 3.72. The van der Waals surface area contributed by atoms with E-state index in [1.54, 1.807) is 0 Å². The summed E-state index contributed by atoms with van der Waals surface area (Å²) in [6.45, 7) is 10.8. The molecule has 0 N–H and O–H groups in total. The van der Waals surface area contributed by atoms with Crippen LogP contribution in [0.2, 0.25) is 0 Å². The number of rotatable bonds is 2. The van der Waals surface area contributed by atoms with Crippen LogP contribution in [0, 0.1) is 5.92 Å². The van der Waals surface area contributed by atoms with Crippen LogP contribution in [-0.4, -0.2) is 22.9 Å². The molecule has 3 nitrogen and oxygen atoms in total. The first kappa shape index (κ1) is 29.1. The van der Waals surface area contributed by atoms with Crippen LogP contribution < -0.4 is 0 Å².